The fraction of sp³-hybridized carbons (Fsp3) is 0.385. The fourth-order valence-electron chi connectivity index (χ4n) is 2.28. The van der Waals surface area contributed by atoms with Crippen molar-refractivity contribution in [3.05, 3.63) is 48.3 Å². The van der Waals surface area contributed by atoms with Crippen LogP contribution in [0, 0.1) is 5.82 Å². The monoisotopic (exact) mass is 377 g/mol. The van der Waals surface area contributed by atoms with E-state index in [1.807, 2.05) is 0 Å². The van der Waals surface area contributed by atoms with E-state index < -0.39 is 5.60 Å². The molecule has 0 spiro atoms. The Balaban J connectivity index is 0.00000161. The molecule has 2 heterocycles. The quantitative estimate of drug-likeness (QED) is 0.767. The minimum atomic E-state index is -0.681. The number of benzene rings is 1. The fourth-order valence-corrected chi connectivity index (χ4v) is 2.60. The second-order valence-corrected chi connectivity index (χ2v) is 5.25. The van der Waals surface area contributed by atoms with Crippen LogP contribution in [0.15, 0.2) is 36.9 Å². The first-order valence-electron chi connectivity index (χ1n) is 6.16. The number of rotatable bonds is 4. The molecular formula is C13H14BrClFN3O2. The molecule has 1 aromatic carbocycles. The highest BCUT2D eigenvalue weighted by Crippen LogP contribution is 2.35. The highest BCUT2D eigenvalue weighted by molar-refractivity contribution is 9.09. The summed E-state index contributed by atoms with van der Waals surface area (Å²) in [5, 5.41) is 4.68. The van der Waals surface area contributed by atoms with Crippen molar-refractivity contribution < 1.29 is 13.9 Å². The van der Waals surface area contributed by atoms with Crippen LogP contribution in [0.4, 0.5) is 4.39 Å². The highest BCUT2D eigenvalue weighted by Gasteiger charge is 2.43. The molecule has 3 rings (SSSR count). The van der Waals surface area contributed by atoms with Crippen LogP contribution in [0.5, 0.6) is 0 Å². The Labute approximate surface area is 136 Å². The van der Waals surface area contributed by atoms with Crippen LogP contribution in [0.2, 0.25) is 0 Å². The van der Waals surface area contributed by atoms with Crippen molar-refractivity contribution in [3.63, 3.8) is 0 Å². The number of alkyl halides is 1. The topological polar surface area (TPSA) is 49.2 Å². The number of hydrogen-bond acceptors (Lipinski definition) is 4. The van der Waals surface area contributed by atoms with Crippen molar-refractivity contribution in [1.82, 2.24) is 14.8 Å². The second kappa shape index (κ2) is 6.83. The SMILES string of the molecule is Cl.Fc1ccc([C@@]2(Cn3cncn3)CO[C@H](CBr)O2)cc1. The molecule has 1 aromatic heterocycles. The maximum atomic E-state index is 13.1. The molecule has 1 fully saturated rings. The summed E-state index contributed by atoms with van der Waals surface area (Å²) in [7, 11) is 0. The molecule has 1 aliphatic rings. The van der Waals surface area contributed by atoms with Gasteiger partial charge in [0.05, 0.1) is 18.5 Å². The average molecular weight is 379 g/mol. The molecule has 2 atom stereocenters. The lowest BCUT2D eigenvalue weighted by Crippen LogP contribution is -2.35. The van der Waals surface area contributed by atoms with Gasteiger partial charge in [-0.2, -0.15) is 5.10 Å². The van der Waals surface area contributed by atoms with Crippen molar-refractivity contribution in [1.29, 1.82) is 0 Å². The van der Waals surface area contributed by atoms with Crippen molar-refractivity contribution >= 4 is 28.3 Å². The molecule has 0 radical (unpaired) electrons. The van der Waals surface area contributed by atoms with E-state index in [0.29, 0.717) is 18.5 Å². The first kappa shape index (κ1) is 16.4. The molecule has 2 aromatic rings. The predicted molar refractivity (Wildman–Crippen MR) is 80.0 cm³/mol. The van der Waals surface area contributed by atoms with E-state index in [2.05, 4.69) is 26.0 Å². The summed E-state index contributed by atoms with van der Waals surface area (Å²) in [6.07, 6.45) is 2.76. The van der Waals surface area contributed by atoms with Crippen molar-refractivity contribution in [2.24, 2.45) is 0 Å². The van der Waals surface area contributed by atoms with E-state index in [-0.39, 0.29) is 24.5 Å². The number of aromatic nitrogens is 3. The lowest BCUT2D eigenvalue weighted by atomic mass is 9.94. The molecule has 114 valence electrons. The van der Waals surface area contributed by atoms with Gasteiger partial charge in [0.25, 0.3) is 0 Å². The van der Waals surface area contributed by atoms with Gasteiger partial charge in [-0.05, 0) is 17.7 Å². The molecule has 8 heteroatoms. The van der Waals surface area contributed by atoms with Gasteiger partial charge in [0.2, 0.25) is 0 Å². The zero-order valence-electron chi connectivity index (χ0n) is 11.0. The van der Waals surface area contributed by atoms with E-state index in [4.69, 9.17) is 9.47 Å². The Morgan fingerprint density at radius 1 is 1.38 bits per heavy atom. The minimum absolute atomic E-state index is 0. The van der Waals surface area contributed by atoms with Gasteiger partial charge in [0.15, 0.2) is 6.29 Å². The van der Waals surface area contributed by atoms with Crippen molar-refractivity contribution in [2.45, 2.75) is 18.4 Å². The maximum absolute atomic E-state index is 13.1. The molecule has 5 nitrogen and oxygen atoms in total. The van der Waals surface area contributed by atoms with E-state index in [1.165, 1.54) is 18.5 Å². The Kier molecular flexibility index (Phi) is 5.32. The Bertz CT molecular complexity index is 569. The van der Waals surface area contributed by atoms with Gasteiger partial charge in [-0.3, -0.25) is 0 Å². The van der Waals surface area contributed by atoms with Crippen molar-refractivity contribution in [2.75, 3.05) is 11.9 Å². The van der Waals surface area contributed by atoms with Gasteiger partial charge in [-0.15, -0.1) is 12.4 Å². The van der Waals surface area contributed by atoms with Gasteiger partial charge in [0, 0.05) is 0 Å². The molecule has 0 bridgehead atoms. The third kappa shape index (κ3) is 3.42. The number of halogens is 3. The van der Waals surface area contributed by atoms with Crippen LogP contribution >= 0.6 is 28.3 Å². The summed E-state index contributed by atoms with van der Waals surface area (Å²) >= 11 is 3.35. The van der Waals surface area contributed by atoms with Crippen LogP contribution < -0.4 is 0 Å². The molecule has 0 amide bonds. The lowest BCUT2D eigenvalue weighted by molar-refractivity contribution is -0.0830. The van der Waals surface area contributed by atoms with Gasteiger partial charge < -0.3 is 9.47 Å². The summed E-state index contributed by atoms with van der Waals surface area (Å²) in [6.45, 7) is 0.844. The highest BCUT2D eigenvalue weighted by atomic mass is 79.9. The largest absolute Gasteiger partial charge is 0.348 e. The molecule has 0 saturated carbocycles. The minimum Gasteiger partial charge on any atom is -0.348 e. The first-order valence-corrected chi connectivity index (χ1v) is 7.28. The smallest absolute Gasteiger partial charge is 0.168 e. The van der Waals surface area contributed by atoms with Crippen LogP contribution in [-0.2, 0) is 21.6 Å². The number of nitrogens with zero attached hydrogens (tertiary/aromatic N) is 3. The molecule has 0 aliphatic carbocycles. The van der Waals surface area contributed by atoms with Crippen LogP contribution in [-0.4, -0.2) is 33.0 Å². The molecule has 1 aliphatic heterocycles. The van der Waals surface area contributed by atoms with Gasteiger partial charge in [-0.25, -0.2) is 14.1 Å². The normalized spacial score (nSPS) is 24.8. The van der Waals surface area contributed by atoms with Crippen LogP contribution in [0.1, 0.15) is 5.56 Å². The number of ether oxygens (including phenoxy) is 2. The van der Waals surface area contributed by atoms with Gasteiger partial charge in [-0.1, -0.05) is 28.1 Å². The summed E-state index contributed by atoms with van der Waals surface area (Å²) in [5.41, 5.74) is 0.178. The Hall–Kier alpha value is -1.02. The zero-order valence-corrected chi connectivity index (χ0v) is 13.4. The third-order valence-electron chi connectivity index (χ3n) is 3.24. The summed E-state index contributed by atoms with van der Waals surface area (Å²) in [4.78, 5) is 3.93. The standard InChI is InChI=1S/C13H13BrFN3O2.ClH/c14-5-12-19-7-13(20-12,6-18-9-16-8-17-18)10-1-3-11(15)4-2-10;/h1-4,8-9,12H,5-7H2;1H/t12-,13+;/m0./s1. The molecular weight excluding hydrogens is 365 g/mol. The Morgan fingerprint density at radius 3 is 2.71 bits per heavy atom. The maximum Gasteiger partial charge on any atom is 0.168 e. The van der Waals surface area contributed by atoms with E-state index in [0.717, 1.165) is 5.56 Å². The predicted octanol–water partition coefficient (Wildman–Crippen LogP) is 2.50. The first-order chi connectivity index (χ1) is 9.72. The zero-order chi connectivity index (χ0) is 14.0. The molecule has 21 heavy (non-hydrogen) atoms. The molecule has 0 N–H and O–H groups in total. The Morgan fingerprint density at radius 2 is 2.14 bits per heavy atom. The third-order valence-corrected chi connectivity index (χ3v) is 3.77. The number of hydrogen-bond donors (Lipinski definition) is 0. The van der Waals surface area contributed by atoms with Crippen molar-refractivity contribution in [3.8, 4) is 0 Å². The lowest BCUT2D eigenvalue weighted by Gasteiger charge is -2.27. The summed E-state index contributed by atoms with van der Waals surface area (Å²) < 4.78 is 26.4. The second-order valence-electron chi connectivity index (χ2n) is 4.61. The summed E-state index contributed by atoms with van der Waals surface area (Å²) in [6, 6.07) is 6.27. The van der Waals surface area contributed by atoms with Crippen LogP contribution in [0.3, 0.4) is 0 Å². The van der Waals surface area contributed by atoms with E-state index in [1.54, 1.807) is 23.1 Å². The van der Waals surface area contributed by atoms with Gasteiger partial charge >= 0.3 is 0 Å². The summed E-state index contributed by atoms with van der Waals surface area (Å²) in [5.74, 6) is -0.277. The molecule has 0 unspecified atom stereocenters. The van der Waals surface area contributed by atoms with Crippen LogP contribution in [0.25, 0.3) is 0 Å². The van der Waals surface area contributed by atoms with E-state index in [9.17, 15) is 4.39 Å². The average Bonchev–Trinajstić information content (AvgIpc) is 3.10. The van der Waals surface area contributed by atoms with E-state index >= 15 is 0 Å². The molecule has 1 saturated heterocycles. The van der Waals surface area contributed by atoms with Gasteiger partial charge in [0.1, 0.15) is 24.1 Å².